The van der Waals surface area contributed by atoms with Gasteiger partial charge in [0.15, 0.2) is 11.6 Å². The molecule has 23 heavy (non-hydrogen) atoms. The van der Waals surface area contributed by atoms with Gasteiger partial charge in [0.05, 0.1) is 0 Å². The van der Waals surface area contributed by atoms with Crippen molar-refractivity contribution in [3.05, 3.63) is 35.7 Å². The average molecular weight is 321 g/mol. The van der Waals surface area contributed by atoms with Gasteiger partial charge in [-0.25, -0.2) is 8.78 Å². The summed E-state index contributed by atoms with van der Waals surface area (Å²) >= 11 is 0. The van der Waals surface area contributed by atoms with E-state index in [1.807, 2.05) is 11.8 Å². The Morgan fingerprint density at radius 3 is 2.70 bits per heavy atom. The molecule has 0 unspecified atom stereocenters. The van der Waals surface area contributed by atoms with E-state index in [0.717, 1.165) is 25.0 Å². The molecule has 5 nitrogen and oxygen atoms in total. The minimum Gasteiger partial charge on any atom is -0.343 e. The minimum absolute atomic E-state index is 0.0856. The van der Waals surface area contributed by atoms with Crippen molar-refractivity contribution in [1.29, 1.82) is 0 Å². The highest BCUT2D eigenvalue weighted by Gasteiger charge is 2.27. The Bertz CT molecular complexity index is 709. The van der Waals surface area contributed by atoms with Gasteiger partial charge in [-0.1, -0.05) is 12.1 Å². The second-order valence-corrected chi connectivity index (χ2v) is 5.59. The smallest absolute Gasteiger partial charge is 0.230 e. The van der Waals surface area contributed by atoms with Crippen LogP contribution in [0, 0.1) is 11.6 Å². The molecule has 2 heterocycles. The maximum atomic E-state index is 13.3. The molecular weight excluding hydrogens is 304 g/mol. The number of piperidine rings is 1. The summed E-state index contributed by atoms with van der Waals surface area (Å²) in [6, 6.07) is 3.50. The molecule has 122 valence electrons. The Morgan fingerprint density at radius 1 is 1.30 bits per heavy atom. The Labute approximate surface area is 132 Å². The molecule has 0 radical (unpaired) electrons. The summed E-state index contributed by atoms with van der Waals surface area (Å²) in [7, 11) is 0. The van der Waals surface area contributed by atoms with Crippen molar-refractivity contribution in [1.82, 2.24) is 15.0 Å². The molecule has 3 rings (SSSR count). The van der Waals surface area contributed by atoms with Gasteiger partial charge in [0.1, 0.15) is 0 Å². The number of amides is 1. The zero-order valence-electron chi connectivity index (χ0n) is 12.8. The molecule has 1 saturated heterocycles. The van der Waals surface area contributed by atoms with Crippen molar-refractivity contribution in [2.75, 3.05) is 13.1 Å². The number of nitrogens with zero attached hydrogens (tertiary/aromatic N) is 3. The fourth-order valence-electron chi connectivity index (χ4n) is 2.75. The standard InChI is InChI=1S/C16H17F2N3O2/c1-2-14(22)21-7-5-10(6-8-21)16-19-15(20-23-16)11-3-4-12(17)13(18)9-11/h3-4,9-10H,2,5-8H2,1H3. The number of carbonyl (C=O) groups is 1. The lowest BCUT2D eigenvalue weighted by Crippen LogP contribution is -2.37. The molecule has 2 aromatic rings. The van der Waals surface area contributed by atoms with E-state index >= 15 is 0 Å². The molecule has 7 heteroatoms. The third-order valence-electron chi connectivity index (χ3n) is 4.12. The first-order valence-electron chi connectivity index (χ1n) is 7.65. The van der Waals surface area contributed by atoms with Gasteiger partial charge < -0.3 is 9.42 Å². The molecule has 0 saturated carbocycles. The largest absolute Gasteiger partial charge is 0.343 e. The van der Waals surface area contributed by atoms with Crippen LogP contribution in [0.3, 0.4) is 0 Å². The van der Waals surface area contributed by atoms with Crippen LogP contribution in [0.25, 0.3) is 11.4 Å². The maximum Gasteiger partial charge on any atom is 0.230 e. The third-order valence-corrected chi connectivity index (χ3v) is 4.12. The van der Waals surface area contributed by atoms with Crippen molar-refractivity contribution in [3.63, 3.8) is 0 Å². The number of rotatable bonds is 3. The minimum atomic E-state index is -0.944. The van der Waals surface area contributed by atoms with Crippen LogP contribution in [0.2, 0.25) is 0 Å². The lowest BCUT2D eigenvalue weighted by molar-refractivity contribution is -0.131. The van der Waals surface area contributed by atoms with E-state index < -0.39 is 11.6 Å². The third kappa shape index (κ3) is 3.23. The van der Waals surface area contributed by atoms with Crippen LogP contribution in [0.4, 0.5) is 8.78 Å². The molecule has 0 atom stereocenters. The van der Waals surface area contributed by atoms with E-state index in [1.54, 1.807) is 0 Å². The van der Waals surface area contributed by atoms with E-state index in [-0.39, 0.29) is 17.6 Å². The van der Waals surface area contributed by atoms with Crippen molar-refractivity contribution in [2.45, 2.75) is 32.1 Å². The molecular formula is C16H17F2N3O2. The number of hydrogen-bond donors (Lipinski definition) is 0. The molecule has 0 aliphatic carbocycles. The summed E-state index contributed by atoms with van der Waals surface area (Å²) in [5.41, 5.74) is 0.373. The van der Waals surface area contributed by atoms with Gasteiger partial charge in [0.2, 0.25) is 17.6 Å². The first kappa shape index (κ1) is 15.6. The second-order valence-electron chi connectivity index (χ2n) is 5.59. The number of carbonyl (C=O) groups excluding carboxylic acids is 1. The monoisotopic (exact) mass is 321 g/mol. The van der Waals surface area contributed by atoms with Gasteiger partial charge in [0.25, 0.3) is 0 Å². The zero-order chi connectivity index (χ0) is 16.4. The number of benzene rings is 1. The summed E-state index contributed by atoms with van der Waals surface area (Å²) in [6.45, 7) is 3.18. The topological polar surface area (TPSA) is 59.2 Å². The Balaban J connectivity index is 1.70. The van der Waals surface area contributed by atoms with Crippen LogP contribution in [0.1, 0.15) is 38.0 Å². The van der Waals surface area contributed by atoms with Crippen LogP contribution in [0.5, 0.6) is 0 Å². The number of halogens is 2. The highest BCUT2D eigenvalue weighted by molar-refractivity contribution is 5.75. The SMILES string of the molecule is CCC(=O)N1CCC(c2nc(-c3ccc(F)c(F)c3)no2)CC1. The normalized spacial score (nSPS) is 15.9. The van der Waals surface area contributed by atoms with Gasteiger partial charge in [-0.05, 0) is 31.0 Å². The molecule has 1 fully saturated rings. The van der Waals surface area contributed by atoms with Gasteiger partial charge >= 0.3 is 0 Å². The van der Waals surface area contributed by atoms with E-state index in [1.165, 1.54) is 6.07 Å². The highest BCUT2D eigenvalue weighted by Crippen LogP contribution is 2.29. The molecule has 1 aromatic heterocycles. The maximum absolute atomic E-state index is 13.3. The summed E-state index contributed by atoms with van der Waals surface area (Å²) < 4.78 is 31.5. The first-order valence-corrected chi connectivity index (χ1v) is 7.65. The van der Waals surface area contributed by atoms with Crippen LogP contribution in [-0.2, 0) is 4.79 Å². The highest BCUT2D eigenvalue weighted by atomic mass is 19.2. The molecule has 0 N–H and O–H groups in total. The van der Waals surface area contributed by atoms with Crippen molar-refractivity contribution < 1.29 is 18.1 Å². The Morgan fingerprint density at radius 2 is 2.04 bits per heavy atom. The van der Waals surface area contributed by atoms with Crippen molar-refractivity contribution in [3.8, 4) is 11.4 Å². The number of hydrogen-bond acceptors (Lipinski definition) is 4. The fraction of sp³-hybridized carbons (Fsp3) is 0.438. The van der Waals surface area contributed by atoms with Crippen molar-refractivity contribution in [2.24, 2.45) is 0 Å². The molecule has 1 amide bonds. The number of likely N-dealkylation sites (tertiary alicyclic amines) is 1. The van der Waals surface area contributed by atoms with Crippen LogP contribution in [-0.4, -0.2) is 34.0 Å². The van der Waals surface area contributed by atoms with Gasteiger partial charge in [-0.3, -0.25) is 4.79 Å². The van der Waals surface area contributed by atoms with Gasteiger partial charge in [-0.15, -0.1) is 0 Å². The van der Waals surface area contributed by atoms with E-state index in [0.29, 0.717) is 31.0 Å². The molecule has 1 aliphatic rings. The first-order chi connectivity index (χ1) is 11.1. The van der Waals surface area contributed by atoms with Crippen LogP contribution < -0.4 is 0 Å². The quantitative estimate of drug-likeness (QED) is 0.871. The fourth-order valence-corrected chi connectivity index (χ4v) is 2.75. The lowest BCUT2D eigenvalue weighted by Gasteiger charge is -2.30. The lowest BCUT2D eigenvalue weighted by atomic mass is 9.96. The predicted molar refractivity (Wildman–Crippen MR) is 78.5 cm³/mol. The van der Waals surface area contributed by atoms with Gasteiger partial charge in [0, 0.05) is 31.0 Å². The molecule has 1 aromatic carbocycles. The molecule has 1 aliphatic heterocycles. The predicted octanol–water partition coefficient (Wildman–Crippen LogP) is 3.13. The summed E-state index contributed by atoms with van der Waals surface area (Å²) in [5.74, 6) is -0.899. The van der Waals surface area contributed by atoms with Crippen LogP contribution >= 0.6 is 0 Å². The summed E-state index contributed by atoms with van der Waals surface area (Å²) in [6.07, 6.45) is 2.02. The average Bonchev–Trinajstić information content (AvgIpc) is 3.07. The van der Waals surface area contributed by atoms with E-state index in [4.69, 9.17) is 4.52 Å². The van der Waals surface area contributed by atoms with Gasteiger partial charge in [-0.2, -0.15) is 4.98 Å². The summed E-state index contributed by atoms with van der Waals surface area (Å²) in [5, 5.41) is 3.85. The Kier molecular flexibility index (Phi) is 4.36. The number of aromatic nitrogens is 2. The Hall–Kier alpha value is -2.31. The molecule has 0 spiro atoms. The zero-order valence-corrected chi connectivity index (χ0v) is 12.8. The van der Waals surface area contributed by atoms with E-state index in [2.05, 4.69) is 10.1 Å². The van der Waals surface area contributed by atoms with E-state index in [9.17, 15) is 13.6 Å². The second kappa shape index (κ2) is 6.44. The summed E-state index contributed by atoms with van der Waals surface area (Å²) in [4.78, 5) is 17.8. The van der Waals surface area contributed by atoms with Crippen LogP contribution in [0.15, 0.2) is 22.7 Å². The molecule has 0 bridgehead atoms. The van der Waals surface area contributed by atoms with Crippen molar-refractivity contribution >= 4 is 5.91 Å².